The molecular formula is C8H17N. The quantitative estimate of drug-likeness (QED) is 0.528. The lowest BCUT2D eigenvalue weighted by Gasteiger charge is -2.35. The first-order valence-corrected chi connectivity index (χ1v) is 3.88. The van der Waals surface area contributed by atoms with E-state index < -0.39 is 0 Å². The zero-order valence-corrected chi connectivity index (χ0v) is 6.48. The molecule has 0 aromatic carbocycles. The second-order valence-corrected chi connectivity index (χ2v) is 3.84. The van der Waals surface area contributed by atoms with Gasteiger partial charge in [0.2, 0.25) is 0 Å². The van der Waals surface area contributed by atoms with Crippen LogP contribution in [0.1, 0.15) is 39.5 Å². The second kappa shape index (κ2) is 2.30. The highest BCUT2D eigenvalue weighted by molar-refractivity contribution is 4.84. The van der Waals surface area contributed by atoms with Gasteiger partial charge in [0, 0.05) is 6.04 Å². The molecule has 0 radical (unpaired) electrons. The highest BCUT2D eigenvalue weighted by atomic mass is 14.7. The van der Waals surface area contributed by atoms with Crippen molar-refractivity contribution in [1.82, 2.24) is 0 Å². The summed E-state index contributed by atoms with van der Waals surface area (Å²) in [4.78, 5) is 0. The number of nitrogens with two attached hydrogens (primary N) is 1. The molecule has 0 heterocycles. The zero-order chi connectivity index (χ0) is 6.91. The predicted molar refractivity (Wildman–Crippen MR) is 40.2 cm³/mol. The Labute approximate surface area is 57.6 Å². The van der Waals surface area contributed by atoms with Crippen LogP contribution in [0.15, 0.2) is 0 Å². The molecule has 1 aliphatic rings. The minimum Gasteiger partial charge on any atom is -0.327 e. The van der Waals surface area contributed by atoms with Crippen LogP contribution in [0.5, 0.6) is 0 Å². The van der Waals surface area contributed by atoms with Gasteiger partial charge >= 0.3 is 0 Å². The van der Waals surface area contributed by atoms with Crippen LogP contribution in [0.3, 0.4) is 0 Å². The maximum Gasteiger partial charge on any atom is 0.00902 e. The van der Waals surface area contributed by atoms with Crippen molar-refractivity contribution >= 4 is 0 Å². The molecule has 0 amide bonds. The van der Waals surface area contributed by atoms with Crippen molar-refractivity contribution in [3.05, 3.63) is 0 Å². The molecule has 0 aromatic heterocycles. The van der Waals surface area contributed by atoms with Crippen molar-refractivity contribution in [1.29, 1.82) is 0 Å². The first kappa shape index (κ1) is 7.07. The Kier molecular flexibility index (Phi) is 1.80. The Bertz CT molecular complexity index is 96.7. The molecule has 54 valence electrons. The summed E-state index contributed by atoms with van der Waals surface area (Å²) < 4.78 is 0. The van der Waals surface area contributed by atoms with Gasteiger partial charge in [-0.05, 0) is 18.3 Å². The molecule has 1 aliphatic carbocycles. The number of hydrogen-bond donors (Lipinski definition) is 1. The van der Waals surface area contributed by atoms with Crippen LogP contribution in [0.2, 0.25) is 0 Å². The van der Waals surface area contributed by atoms with Gasteiger partial charge < -0.3 is 5.73 Å². The summed E-state index contributed by atoms with van der Waals surface area (Å²) in [6.07, 6.45) is 5.26. The van der Waals surface area contributed by atoms with E-state index >= 15 is 0 Å². The fourth-order valence-corrected chi connectivity index (χ4v) is 1.52. The average Bonchev–Trinajstić information content (AvgIpc) is 1.77. The number of hydrogen-bond acceptors (Lipinski definition) is 1. The minimum absolute atomic E-state index is 0.415. The highest BCUT2D eigenvalue weighted by Gasteiger charge is 2.28. The topological polar surface area (TPSA) is 26.0 Å². The summed E-state index contributed by atoms with van der Waals surface area (Å²) in [7, 11) is 0. The molecule has 2 N–H and O–H groups in total. The molecule has 1 nitrogen and oxygen atoms in total. The maximum absolute atomic E-state index is 5.91. The van der Waals surface area contributed by atoms with Crippen LogP contribution < -0.4 is 5.73 Å². The van der Waals surface area contributed by atoms with Crippen LogP contribution in [0, 0.1) is 5.41 Å². The molecular weight excluding hydrogens is 110 g/mol. The summed E-state index contributed by atoms with van der Waals surface area (Å²) in [6.45, 7) is 4.55. The van der Waals surface area contributed by atoms with E-state index in [-0.39, 0.29) is 0 Å². The summed E-state index contributed by atoms with van der Waals surface area (Å²) in [5, 5.41) is 0. The van der Waals surface area contributed by atoms with Crippen molar-refractivity contribution in [2.45, 2.75) is 45.6 Å². The SMILES string of the molecule is CC1(C)CCCCC1N. The van der Waals surface area contributed by atoms with E-state index in [1.807, 2.05) is 0 Å². The van der Waals surface area contributed by atoms with Crippen LogP contribution >= 0.6 is 0 Å². The zero-order valence-electron chi connectivity index (χ0n) is 6.48. The van der Waals surface area contributed by atoms with Crippen molar-refractivity contribution in [2.75, 3.05) is 0 Å². The molecule has 1 rings (SSSR count). The van der Waals surface area contributed by atoms with E-state index in [1.165, 1.54) is 25.7 Å². The van der Waals surface area contributed by atoms with Crippen molar-refractivity contribution < 1.29 is 0 Å². The molecule has 1 saturated carbocycles. The Morgan fingerprint density at radius 3 is 2.33 bits per heavy atom. The van der Waals surface area contributed by atoms with Crippen LogP contribution in [0.4, 0.5) is 0 Å². The number of rotatable bonds is 0. The molecule has 9 heavy (non-hydrogen) atoms. The second-order valence-electron chi connectivity index (χ2n) is 3.84. The van der Waals surface area contributed by atoms with Gasteiger partial charge in [-0.1, -0.05) is 26.7 Å². The molecule has 0 spiro atoms. The summed E-state index contributed by atoms with van der Waals surface area (Å²) in [5.41, 5.74) is 6.33. The van der Waals surface area contributed by atoms with E-state index in [0.717, 1.165) is 0 Å². The summed E-state index contributed by atoms with van der Waals surface area (Å²) >= 11 is 0. The molecule has 0 aromatic rings. The highest BCUT2D eigenvalue weighted by Crippen LogP contribution is 2.33. The predicted octanol–water partition coefficient (Wildman–Crippen LogP) is 1.91. The Balaban J connectivity index is 2.49. The molecule has 1 heteroatoms. The van der Waals surface area contributed by atoms with Crippen LogP contribution in [-0.4, -0.2) is 6.04 Å². The van der Waals surface area contributed by atoms with Gasteiger partial charge in [-0.25, -0.2) is 0 Å². The first-order chi connectivity index (χ1) is 4.13. The third-order valence-corrected chi connectivity index (χ3v) is 2.59. The molecule has 0 saturated heterocycles. The third-order valence-electron chi connectivity index (χ3n) is 2.59. The van der Waals surface area contributed by atoms with Gasteiger partial charge in [-0.2, -0.15) is 0 Å². The van der Waals surface area contributed by atoms with E-state index in [9.17, 15) is 0 Å². The Morgan fingerprint density at radius 1 is 1.33 bits per heavy atom. The fraction of sp³-hybridized carbons (Fsp3) is 1.00. The van der Waals surface area contributed by atoms with Gasteiger partial charge in [-0.15, -0.1) is 0 Å². The average molecular weight is 127 g/mol. The standard InChI is InChI=1S/C8H17N/c1-8(2)6-4-3-5-7(8)9/h7H,3-6,9H2,1-2H3. The molecule has 1 atom stereocenters. The van der Waals surface area contributed by atoms with Gasteiger partial charge in [0.05, 0.1) is 0 Å². The third kappa shape index (κ3) is 1.45. The lowest BCUT2D eigenvalue weighted by atomic mass is 9.74. The van der Waals surface area contributed by atoms with E-state index in [0.29, 0.717) is 11.5 Å². The lowest BCUT2D eigenvalue weighted by molar-refractivity contribution is 0.202. The van der Waals surface area contributed by atoms with Gasteiger partial charge in [-0.3, -0.25) is 0 Å². The van der Waals surface area contributed by atoms with Gasteiger partial charge in [0.15, 0.2) is 0 Å². The van der Waals surface area contributed by atoms with Crippen molar-refractivity contribution in [3.8, 4) is 0 Å². The van der Waals surface area contributed by atoms with Crippen LogP contribution in [0.25, 0.3) is 0 Å². The fourth-order valence-electron chi connectivity index (χ4n) is 1.52. The van der Waals surface area contributed by atoms with Gasteiger partial charge in [0.25, 0.3) is 0 Å². The Hall–Kier alpha value is -0.0400. The van der Waals surface area contributed by atoms with E-state index in [4.69, 9.17) is 5.73 Å². The normalized spacial score (nSPS) is 34.3. The van der Waals surface area contributed by atoms with Crippen LogP contribution in [-0.2, 0) is 0 Å². The first-order valence-electron chi connectivity index (χ1n) is 3.88. The van der Waals surface area contributed by atoms with Crippen molar-refractivity contribution in [3.63, 3.8) is 0 Å². The summed E-state index contributed by atoms with van der Waals surface area (Å²) in [5.74, 6) is 0. The Morgan fingerprint density at radius 2 is 2.00 bits per heavy atom. The van der Waals surface area contributed by atoms with E-state index in [1.54, 1.807) is 0 Å². The lowest BCUT2D eigenvalue weighted by Crippen LogP contribution is -2.39. The largest absolute Gasteiger partial charge is 0.327 e. The molecule has 0 aliphatic heterocycles. The summed E-state index contributed by atoms with van der Waals surface area (Å²) in [6, 6.07) is 0.450. The van der Waals surface area contributed by atoms with Gasteiger partial charge in [0.1, 0.15) is 0 Å². The smallest absolute Gasteiger partial charge is 0.00902 e. The maximum atomic E-state index is 5.91. The molecule has 1 fully saturated rings. The molecule has 1 unspecified atom stereocenters. The van der Waals surface area contributed by atoms with Crippen molar-refractivity contribution in [2.24, 2.45) is 11.1 Å². The van der Waals surface area contributed by atoms with E-state index in [2.05, 4.69) is 13.8 Å². The monoisotopic (exact) mass is 127 g/mol. The molecule has 0 bridgehead atoms. The minimum atomic E-state index is 0.415.